The molecule has 0 amide bonds. The van der Waals surface area contributed by atoms with Gasteiger partial charge in [-0.25, -0.2) is 4.79 Å². The number of nitrogens with one attached hydrogen (secondary N) is 1. The van der Waals surface area contributed by atoms with Gasteiger partial charge in [0.05, 0.1) is 19.1 Å². The van der Waals surface area contributed by atoms with Gasteiger partial charge < -0.3 is 14.3 Å². The van der Waals surface area contributed by atoms with Gasteiger partial charge in [0, 0.05) is 12.7 Å². The summed E-state index contributed by atoms with van der Waals surface area (Å²) in [6.45, 7) is 0.351. The first-order chi connectivity index (χ1) is 7.74. The number of carboxylic acids is 1. The highest BCUT2D eigenvalue weighted by molar-refractivity contribution is 5.94. The minimum absolute atomic E-state index is 0.0762. The van der Waals surface area contributed by atoms with E-state index in [0.29, 0.717) is 18.1 Å². The number of carbonyl (C=O) groups is 1. The zero-order valence-electron chi connectivity index (χ0n) is 8.56. The van der Waals surface area contributed by atoms with Gasteiger partial charge in [-0.05, 0) is 6.07 Å². The molecule has 0 unspecified atom stereocenters. The van der Waals surface area contributed by atoms with Crippen LogP contribution in [0.2, 0.25) is 0 Å². The number of hydrogen-bond acceptors (Lipinski definition) is 4. The molecule has 2 N–H and O–H groups in total. The normalized spacial score (nSPS) is 10.6. The zero-order valence-corrected chi connectivity index (χ0v) is 8.56. The van der Waals surface area contributed by atoms with Crippen LogP contribution in [0.4, 0.5) is 0 Å². The second-order valence-electron chi connectivity index (χ2n) is 3.17. The first-order valence-electron chi connectivity index (χ1n) is 4.56. The Kier molecular flexibility index (Phi) is 2.74. The number of H-pyrrole nitrogens is 1. The van der Waals surface area contributed by atoms with E-state index in [1.54, 1.807) is 13.2 Å². The standard InChI is InChI=1S/C10H10N2O4/c1-15-5-6-2-3-16-9(6)8-7(10(13)14)4-11-12-8/h2-4H,5H2,1H3,(H,11,12)(H,13,14). The Labute approximate surface area is 90.8 Å². The molecular formula is C10H10N2O4. The summed E-state index contributed by atoms with van der Waals surface area (Å²) in [7, 11) is 1.56. The smallest absolute Gasteiger partial charge is 0.339 e. The topological polar surface area (TPSA) is 88.4 Å². The fraction of sp³-hybridized carbons (Fsp3) is 0.200. The number of aromatic amines is 1. The highest BCUT2D eigenvalue weighted by atomic mass is 16.5. The third-order valence-corrected chi connectivity index (χ3v) is 2.14. The van der Waals surface area contributed by atoms with Crippen LogP contribution in [0.1, 0.15) is 15.9 Å². The van der Waals surface area contributed by atoms with E-state index in [9.17, 15) is 4.79 Å². The predicted octanol–water partition coefficient (Wildman–Crippen LogP) is 1.51. The van der Waals surface area contributed by atoms with Crippen LogP contribution in [0.3, 0.4) is 0 Å². The molecule has 0 saturated carbocycles. The molecule has 0 saturated heterocycles. The van der Waals surface area contributed by atoms with Gasteiger partial charge in [0.1, 0.15) is 11.3 Å². The number of furan rings is 1. The molecule has 2 rings (SSSR count). The SMILES string of the molecule is COCc1ccoc1-c1[nH]ncc1C(=O)O. The lowest BCUT2D eigenvalue weighted by atomic mass is 10.1. The van der Waals surface area contributed by atoms with Crippen LogP contribution < -0.4 is 0 Å². The fourth-order valence-corrected chi connectivity index (χ4v) is 1.45. The number of ether oxygens (including phenoxy) is 1. The van der Waals surface area contributed by atoms with Gasteiger partial charge in [0.2, 0.25) is 0 Å². The maximum Gasteiger partial charge on any atom is 0.339 e. The number of aromatic nitrogens is 2. The van der Waals surface area contributed by atoms with Gasteiger partial charge in [-0.3, -0.25) is 5.10 Å². The molecule has 0 aromatic carbocycles. The van der Waals surface area contributed by atoms with Crippen molar-refractivity contribution in [2.75, 3.05) is 7.11 Å². The number of aromatic carboxylic acids is 1. The minimum Gasteiger partial charge on any atom is -0.478 e. The zero-order chi connectivity index (χ0) is 11.5. The molecule has 0 fully saturated rings. The summed E-state index contributed by atoms with van der Waals surface area (Å²) < 4.78 is 10.2. The Bertz CT molecular complexity index is 500. The van der Waals surface area contributed by atoms with Gasteiger partial charge in [-0.2, -0.15) is 5.10 Å². The molecule has 0 aliphatic carbocycles. The molecule has 84 valence electrons. The Morgan fingerprint density at radius 2 is 2.50 bits per heavy atom. The second kappa shape index (κ2) is 4.19. The Morgan fingerprint density at radius 1 is 1.69 bits per heavy atom. The van der Waals surface area contributed by atoms with Crippen molar-refractivity contribution in [3.8, 4) is 11.5 Å². The summed E-state index contributed by atoms with van der Waals surface area (Å²) in [5.74, 6) is -0.611. The van der Waals surface area contributed by atoms with E-state index in [1.807, 2.05) is 0 Å². The maximum atomic E-state index is 10.9. The molecule has 6 heteroatoms. The third-order valence-electron chi connectivity index (χ3n) is 2.14. The predicted molar refractivity (Wildman–Crippen MR) is 54.0 cm³/mol. The van der Waals surface area contributed by atoms with E-state index in [4.69, 9.17) is 14.3 Å². The van der Waals surface area contributed by atoms with Crippen LogP contribution >= 0.6 is 0 Å². The molecular weight excluding hydrogens is 212 g/mol. The molecule has 0 aliphatic rings. The number of hydrogen-bond donors (Lipinski definition) is 2. The van der Waals surface area contributed by atoms with E-state index in [-0.39, 0.29) is 5.56 Å². The van der Waals surface area contributed by atoms with Crippen LogP contribution in [0, 0.1) is 0 Å². The first kappa shape index (κ1) is 10.4. The molecule has 16 heavy (non-hydrogen) atoms. The highest BCUT2D eigenvalue weighted by Crippen LogP contribution is 2.26. The van der Waals surface area contributed by atoms with E-state index in [0.717, 1.165) is 5.56 Å². The average molecular weight is 222 g/mol. The Hall–Kier alpha value is -2.08. The van der Waals surface area contributed by atoms with E-state index >= 15 is 0 Å². The minimum atomic E-state index is -1.05. The number of nitrogens with zero attached hydrogens (tertiary/aromatic N) is 1. The molecule has 2 aromatic rings. The van der Waals surface area contributed by atoms with Crippen molar-refractivity contribution < 1.29 is 19.1 Å². The Morgan fingerprint density at radius 3 is 3.19 bits per heavy atom. The summed E-state index contributed by atoms with van der Waals surface area (Å²) >= 11 is 0. The van der Waals surface area contributed by atoms with Crippen LogP contribution in [-0.2, 0) is 11.3 Å². The molecule has 0 radical (unpaired) electrons. The fourth-order valence-electron chi connectivity index (χ4n) is 1.45. The van der Waals surface area contributed by atoms with Crippen molar-refractivity contribution >= 4 is 5.97 Å². The van der Waals surface area contributed by atoms with Gasteiger partial charge >= 0.3 is 5.97 Å². The van der Waals surface area contributed by atoms with Crippen molar-refractivity contribution in [1.29, 1.82) is 0 Å². The highest BCUT2D eigenvalue weighted by Gasteiger charge is 2.19. The summed E-state index contributed by atoms with van der Waals surface area (Å²) in [6.07, 6.45) is 2.73. The summed E-state index contributed by atoms with van der Waals surface area (Å²) in [4.78, 5) is 10.9. The lowest BCUT2D eigenvalue weighted by Crippen LogP contribution is -1.98. The van der Waals surface area contributed by atoms with Crippen LogP contribution in [0.15, 0.2) is 22.9 Å². The van der Waals surface area contributed by atoms with E-state index in [1.165, 1.54) is 12.5 Å². The summed E-state index contributed by atoms with van der Waals surface area (Å²) in [6, 6.07) is 1.73. The molecule has 0 spiro atoms. The van der Waals surface area contributed by atoms with E-state index in [2.05, 4.69) is 10.2 Å². The first-order valence-corrected chi connectivity index (χ1v) is 4.56. The third kappa shape index (κ3) is 1.70. The molecule has 2 heterocycles. The average Bonchev–Trinajstić information content (AvgIpc) is 2.83. The lowest BCUT2D eigenvalue weighted by molar-refractivity contribution is 0.0697. The molecule has 0 atom stereocenters. The summed E-state index contributed by atoms with van der Waals surface area (Å²) in [5, 5.41) is 15.2. The van der Waals surface area contributed by atoms with Crippen molar-refractivity contribution in [2.24, 2.45) is 0 Å². The van der Waals surface area contributed by atoms with Gasteiger partial charge in [-0.15, -0.1) is 0 Å². The molecule has 0 aliphatic heterocycles. The van der Waals surface area contributed by atoms with Crippen molar-refractivity contribution in [3.05, 3.63) is 29.7 Å². The quantitative estimate of drug-likeness (QED) is 0.818. The van der Waals surface area contributed by atoms with E-state index < -0.39 is 5.97 Å². The number of methoxy groups -OCH3 is 1. The largest absolute Gasteiger partial charge is 0.478 e. The summed E-state index contributed by atoms with van der Waals surface area (Å²) in [5.41, 5.74) is 1.20. The van der Waals surface area contributed by atoms with Crippen LogP contribution in [0.25, 0.3) is 11.5 Å². The van der Waals surface area contributed by atoms with Gasteiger partial charge in [0.25, 0.3) is 0 Å². The van der Waals surface area contributed by atoms with Crippen molar-refractivity contribution in [3.63, 3.8) is 0 Å². The van der Waals surface area contributed by atoms with Gasteiger partial charge in [-0.1, -0.05) is 0 Å². The number of carboxylic acid groups (broad SMARTS) is 1. The second-order valence-corrected chi connectivity index (χ2v) is 3.17. The lowest BCUT2D eigenvalue weighted by Gasteiger charge is -2.00. The van der Waals surface area contributed by atoms with Crippen molar-refractivity contribution in [2.45, 2.75) is 6.61 Å². The Balaban J connectivity index is 2.46. The molecule has 2 aromatic heterocycles. The van der Waals surface area contributed by atoms with Crippen LogP contribution in [0.5, 0.6) is 0 Å². The number of rotatable bonds is 4. The maximum absolute atomic E-state index is 10.9. The molecule has 6 nitrogen and oxygen atoms in total. The monoisotopic (exact) mass is 222 g/mol. The molecule has 0 bridgehead atoms. The van der Waals surface area contributed by atoms with Crippen molar-refractivity contribution in [1.82, 2.24) is 10.2 Å². The van der Waals surface area contributed by atoms with Crippen LogP contribution in [-0.4, -0.2) is 28.4 Å². The van der Waals surface area contributed by atoms with Gasteiger partial charge in [0.15, 0.2) is 5.76 Å².